The molecule has 5 atom stereocenters. The van der Waals surface area contributed by atoms with Gasteiger partial charge in [-0.3, -0.25) is 28.9 Å². The van der Waals surface area contributed by atoms with Gasteiger partial charge in [0.2, 0.25) is 0 Å². The van der Waals surface area contributed by atoms with Crippen molar-refractivity contribution in [2.45, 2.75) is 57.5 Å². The van der Waals surface area contributed by atoms with Gasteiger partial charge in [-0.05, 0) is 48.0 Å². The van der Waals surface area contributed by atoms with Crippen molar-refractivity contribution in [2.24, 2.45) is 4.99 Å². The molecule has 2 heterocycles. The first-order chi connectivity index (χ1) is 23.1. The molecule has 1 fully saturated rings. The maximum absolute atomic E-state index is 14.0. The quantitative estimate of drug-likeness (QED) is 0.203. The average molecular weight is 697 g/mol. The minimum Gasteiger partial charge on any atom is -0.463 e. The lowest BCUT2D eigenvalue weighted by atomic mass is 9.99. The molecule has 2 aliphatic heterocycles. The molecule has 0 N–H and O–H groups in total. The standard InChI is InChI=1S/C34H40N4O10S/c1-19(39)44-18-28-29(45-20(2)40)30(46-21(3)41)31(47-22(4)42)33(48-28)49-34-35-27(17-23-9-11-24(12-10-23)36(5)6)32(43)38(34)26-15-13-25(14-16-26)37(7)8/h9-17,28-31,33H,18H2,1-8H3/b27-17-/t28-,29-,30+,31-,33+/m1/s1. The van der Waals surface area contributed by atoms with E-state index in [0.717, 1.165) is 49.5 Å². The molecule has 14 nitrogen and oxygen atoms in total. The Balaban J connectivity index is 1.80. The van der Waals surface area contributed by atoms with Gasteiger partial charge >= 0.3 is 23.9 Å². The van der Waals surface area contributed by atoms with Crippen molar-refractivity contribution in [3.8, 4) is 0 Å². The Kier molecular flexibility index (Phi) is 12.1. The second kappa shape index (κ2) is 16.0. The Bertz CT molecular complexity index is 1620. The zero-order chi connectivity index (χ0) is 36.0. The first kappa shape index (κ1) is 36.9. The van der Waals surface area contributed by atoms with Crippen LogP contribution in [0.2, 0.25) is 0 Å². The molecule has 1 amide bonds. The summed E-state index contributed by atoms with van der Waals surface area (Å²) in [5.74, 6) is -3.29. The van der Waals surface area contributed by atoms with Crippen LogP contribution < -0.4 is 14.7 Å². The predicted molar refractivity (Wildman–Crippen MR) is 184 cm³/mol. The van der Waals surface area contributed by atoms with Crippen molar-refractivity contribution in [2.75, 3.05) is 49.5 Å². The number of carbonyl (C=O) groups is 5. The Hall–Kier alpha value is -4.89. The van der Waals surface area contributed by atoms with Gasteiger partial charge in [0.15, 0.2) is 28.9 Å². The van der Waals surface area contributed by atoms with E-state index in [1.54, 1.807) is 18.2 Å². The van der Waals surface area contributed by atoms with Crippen LogP contribution in [-0.4, -0.2) is 99.6 Å². The fourth-order valence-electron chi connectivity index (χ4n) is 5.12. The number of nitrogens with zero attached hydrogens (tertiary/aromatic N) is 4. The van der Waals surface area contributed by atoms with Crippen LogP contribution in [0, 0.1) is 0 Å². The topological polar surface area (TPSA) is 154 Å². The van der Waals surface area contributed by atoms with Crippen LogP contribution in [0.1, 0.15) is 33.3 Å². The molecular formula is C34H40N4O10S. The van der Waals surface area contributed by atoms with E-state index in [0.29, 0.717) is 5.69 Å². The summed E-state index contributed by atoms with van der Waals surface area (Å²) < 4.78 is 28.2. The number of amides is 1. The molecule has 1 saturated heterocycles. The number of rotatable bonds is 10. The van der Waals surface area contributed by atoms with E-state index in [1.807, 2.05) is 74.4 Å². The molecule has 4 rings (SSSR count). The highest BCUT2D eigenvalue weighted by Gasteiger charge is 2.53. The summed E-state index contributed by atoms with van der Waals surface area (Å²) in [6, 6.07) is 14.8. The van der Waals surface area contributed by atoms with Gasteiger partial charge in [-0.15, -0.1) is 0 Å². The van der Waals surface area contributed by atoms with Crippen LogP contribution in [0.25, 0.3) is 6.08 Å². The lowest BCUT2D eigenvalue weighted by Crippen LogP contribution is -2.61. The van der Waals surface area contributed by atoms with E-state index in [9.17, 15) is 24.0 Å². The van der Waals surface area contributed by atoms with Crippen LogP contribution in [0.15, 0.2) is 59.2 Å². The summed E-state index contributed by atoms with van der Waals surface area (Å²) in [5.41, 5.74) is 2.05. The predicted octanol–water partition coefficient (Wildman–Crippen LogP) is 3.38. The average Bonchev–Trinajstić information content (AvgIpc) is 3.32. The maximum Gasteiger partial charge on any atom is 0.303 e. The molecule has 0 aliphatic carbocycles. The van der Waals surface area contributed by atoms with Gasteiger partial charge in [0, 0.05) is 67.3 Å². The Labute approximate surface area is 288 Å². The lowest BCUT2D eigenvalue weighted by molar-refractivity contribution is -0.237. The van der Waals surface area contributed by atoms with Crippen molar-refractivity contribution in [3.63, 3.8) is 0 Å². The minimum atomic E-state index is -1.37. The van der Waals surface area contributed by atoms with Gasteiger partial charge in [0.1, 0.15) is 18.4 Å². The number of benzene rings is 2. The second-order valence-electron chi connectivity index (χ2n) is 11.6. The van der Waals surface area contributed by atoms with Gasteiger partial charge < -0.3 is 33.5 Å². The third kappa shape index (κ3) is 9.38. The molecule has 2 aromatic rings. The van der Waals surface area contributed by atoms with E-state index in [4.69, 9.17) is 28.7 Å². The number of hydrogen-bond donors (Lipinski definition) is 0. The number of carbonyl (C=O) groups excluding carboxylic acids is 5. The Morgan fingerprint density at radius 2 is 1.29 bits per heavy atom. The Morgan fingerprint density at radius 1 is 0.776 bits per heavy atom. The van der Waals surface area contributed by atoms with Crippen LogP contribution in [-0.2, 0) is 47.7 Å². The molecule has 0 spiro atoms. The largest absolute Gasteiger partial charge is 0.463 e. The van der Waals surface area contributed by atoms with Gasteiger partial charge in [0.05, 0.1) is 5.69 Å². The molecule has 0 unspecified atom stereocenters. The van der Waals surface area contributed by atoms with Crippen LogP contribution in [0.4, 0.5) is 17.1 Å². The fourth-order valence-corrected chi connectivity index (χ4v) is 6.31. The van der Waals surface area contributed by atoms with Crippen LogP contribution >= 0.6 is 11.8 Å². The summed E-state index contributed by atoms with van der Waals surface area (Å²) in [7, 11) is 7.64. The third-order valence-electron chi connectivity index (χ3n) is 7.34. The molecule has 2 aromatic carbocycles. The zero-order valence-corrected chi connectivity index (χ0v) is 29.4. The highest BCUT2D eigenvalue weighted by Crippen LogP contribution is 2.39. The van der Waals surface area contributed by atoms with Gasteiger partial charge in [-0.2, -0.15) is 0 Å². The number of anilines is 3. The fraction of sp³-hybridized carbons (Fsp3) is 0.412. The molecule has 0 bridgehead atoms. The van der Waals surface area contributed by atoms with E-state index in [-0.39, 0.29) is 17.5 Å². The lowest BCUT2D eigenvalue weighted by Gasteiger charge is -2.44. The van der Waals surface area contributed by atoms with Gasteiger partial charge in [0.25, 0.3) is 5.91 Å². The monoisotopic (exact) mass is 696 g/mol. The van der Waals surface area contributed by atoms with Gasteiger partial charge in [-0.25, -0.2) is 4.99 Å². The van der Waals surface area contributed by atoms with Gasteiger partial charge in [-0.1, -0.05) is 23.9 Å². The molecule has 2 aliphatic rings. The number of amidine groups is 1. The molecule has 0 radical (unpaired) electrons. The van der Waals surface area contributed by atoms with Crippen LogP contribution in [0.3, 0.4) is 0 Å². The second-order valence-corrected chi connectivity index (χ2v) is 12.7. The highest BCUT2D eigenvalue weighted by molar-refractivity contribution is 8.14. The van der Waals surface area contributed by atoms with Crippen molar-refractivity contribution < 1.29 is 47.7 Å². The number of aliphatic imine (C=N–C) groups is 1. The number of thioether (sulfide) groups is 1. The molecule has 0 aromatic heterocycles. The van der Waals surface area contributed by atoms with Crippen LogP contribution in [0.5, 0.6) is 0 Å². The summed E-state index contributed by atoms with van der Waals surface area (Å²) in [4.78, 5) is 72.6. The number of hydrogen-bond acceptors (Lipinski definition) is 14. The number of esters is 4. The maximum atomic E-state index is 14.0. The zero-order valence-electron chi connectivity index (χ0n) is 28.6. The molecular weight excluding hydrogens is 656 g/mol. The SMILES string of the molecule is CC(=O)OC[C@H]1O[C@@H](SC2=N/C(=C\c3ccc(N(C)C)cc3)C(=O)N2c2ccc(N(C)C)cc2)[C@H](OC(C)=O)[C@@H](OC(C)=O)[C@@H]1OC(C)=O. The molecule has 0 saturated carbocycles. The molecule has 262 valence electrons. The normalized spacial score (nSPS) is 22.7. The summed E-state index contributed by atoms with van der Waals surface area (Å²) in [6.45, 7) is 4.27. The number of ether oxygens (including phenoxy) is 5. The smallest absolute Gasteiger partial charge is 0.303 e. The van der Waals surface area contributed by atoms with Crippen molar-refractivity contribution in [1.82, 2.24) is 0 Å². The van der Waals surface area contributed by atoms with E-state index < -0.39 is 59.6 Å². The summed E-state index contributed by atoms with van der Waals surface area (Å²) >= 11 is 0.931. The van der Waals surface area contributed by atoms with Crippen molar-refractivity contribution in [3.05, 3.63) is 59.8 Å². The third-order valence-corrected chi connectivity index (χ3v) is 8.43. The van der Waals surface area contributed by atoms with E-state index in [1.165, 1.54) is 11.8 Å². The minimum absolute atomic E-state index is 0.127. The van der Waals surface area contributed by atoms with E-state index >= 15 is 0 Å². The molecule has 15 heteroatoms. The highest BCUT2D eigenvalue weighted by atomic mass is 32.2. The summed E-state index contributed by atoms with van der Waals surface area (Å²) in [5, 5.41) is 0.166. The summed E-state index contributed by atoms with van der Waals surface area (Å²) in [6.07, 6.45) is -3.52. The molecule has 49 heavy (non-hydrogen) atoms. The van der Waals surface area contributed by atoms with Crippen molar-refractivity contribution >= 4 is 69.9 Å². The van der Waals surface area contributed by atoms with Crippen molar-refractivity contribution in [1.29, 1.82) is 0 Å². The Morgan fingerprint density at radius 3 is 1.80 bits per heavy atom. The first-order valence-electron chi connectivity index (χ1n) is 15.3. The van der Waals surface area contributed by atoms with E-state index in [2.05, 4.69) is 0 Å². The first-order valence-corrected chi connectivity index (χ1v) is 16.2.